The molecule has 1 aromatic rings. The number of piperidine rings is 1. The largest absolute Gasteiger partial charge is 0.314 e. The van der Waals surface area contributed by atoms with Gasteiger partial charge in [-0.3, -0.25) is 0 Å². The molecule has 1 fully saturated rings. The molecule has 0 amide bonds. The van der Waals surface area contributed by atoms with Crippen LogP contribution in [-0.4, -0.2) is 36.6 Å². The fraction of sp³-hybridized carbons (Fsp3) is 0.667. The Morgan fingerprint density at radius 2 is 2.19 bits per heavy atom. The third kappa shape index (κ3) is 4.79. The molecule has 1 aliphatic rings. The first-order valence-corrected chi connectivity index (χ1v) is 8.32. The number of aryl methyl sites for hydroxylation is 1. The van der Waals surface area contributed by atoms with Gasteiger partial charge in [-0.25, -0.2) is 4.39 Å². The average Bonchev–Trinajstić information content (AvgIpc) is 2.45. The monoisotopic (exact) mass is 292 g/mol. The number of rotatable bonds is 6. The van der Waals surface area contributed by atoms with Crippen LogP contribution >= 0.6 is 0 Å². The summed E-state index contributed by atoms with van der Waals surface area (Å²) in [6, 6.07) is 6.47. The third-order valence-electron chi connectivity index (χ3n) is 4.67. The molecule has 2 unspecified atom stereocenters. The Bertz CT molecular complexity index is 447. The van der Waals surface area contributed by atoms with Crippen LogP contribution in [0.1, 0.15) is 44.2 Å². The SMILES string of the molecule is CCCNC1CCN(CCc2ccc(F)cc2C)C(C)C1. The summed E-state index contributed by atoms with van der Waals surface area (Å²) in [5.74, 6) is -0.132. The van der Waals surface area contributed by atoms with Crippen molar-refractivity contribution in [2.24, 2.45) is 0 Å². The lowest BCUT2D eigenvalue weighted by atomic mass is 9.97. The van der Waals surface area contributed by atoms with Gasteiger partial charge in [0, 0.05) is 18.6 Å². The van der Waals surface area contributed by atoms with Crippen molar-refractivity contribution in [1.29, 1.82) is 0 Å². The maximum absolute atomic E-state index is 13.1. The topological polar surface area (TPSA) is 15.3 Å². The lowest BCUT2D eigenvalue weighted by Gasteiger charge is -2.38. The second kappa shape index (κ2) is 7.90. The van der Waals surface area contributed by atoms with Crippen molar-refractivity contribution in [2.45, 2.75) is 58.5 Å². The van der Waals surface area contributed by atoms with Crippen LogP contribution in [0.4, 0.5) is 4.39 Å². The maximum atomic E-state index is 13.1. The van der Waals surface area contributed by atoms with Gasteiger partial charge in [-0.15, -0.1) is 0 Å². The maximum Gasteiger partial charge on any atom is 0.123 e. The van der Waals surface area contributed by atoms with Crippen LogP contribution in [0.3, 0.4) is 0 Å². The predicted molar refractivity (Wildman–Crippen MR) is 87.2 cm³/mol. The van der Waals surface area contributed by atoms with E-state index in [2.05, 4.69) is 24.1 Å². The Labute approximate surface area is 128 Å². The van der Waals surface area contributed by atoms with E-state index in [4.69, 9.17) is 0 Å². The minimum Gasteiger partial charge on any atom is -0.314 e. The number of halogens is 1. The van der Waals surface area contributed by atoms with Gasteiger partial charge in [-0.1, -0.05) is 13.0 Å². The Kier molecular flexibility index (Phi) is 6.19. The molecule has 0 aromatic heterocycles. The van der Waals surface area contributed by atoms with E-state index in [9.17, 15) is 4.39 Å². The fourth-order valence-electron chi connectivity index (χ4n) is 3.29. The van der Waals surface area contributed by atoms with Crippen molar-refractivity contribution in [3.63, 3.8) is 0 Å². The highest BCUT2D eigenvalue weighted by Crippen LogP contribution is 2.19. The summed E-state index contributed by atoms with van der Waals surface area (Å²) < 4.78 is 13.1. The van der Waals surface area contributed by atoms with Crippen LogP contribution in [-0.2, 0) is 6.42 Å². The van der Waals surface area contributed by atoms with Gasteiger partial charge in [0.2, 0.25) is 0 Å². The van der Waals surface area contributed by atoms with Gasteiger partial charge in [-0.05, 0) is 75.9 Å². The highest BCUT2D eigenvalue weighted by molar-refractivity contribution is 5.26. The molecular formula is C18H29FN2. The van der Waals surface area contributed by atoms with Crippen LogP contribution < -0.4 is 5.32 Å². The first-order valence-electron chi connectivity index (χ1n) is 8.32. The highest BCUT2D eigenvalue weighted by atomic mass is 19.1. The van der Waals surface area contributed by atoms with Crippen LogP contribution in [0.15, 0.2) is 18.2 Å². The van der Waals surface area contributed by atoms with Crippen LogP contribution in [0.2, 0.25) is 0 Å². The molecule has 0 bridgehead atoms. The van der Waals surface area contributed by atoms with Crippen molar-refractivity contribution in [1.82, 2.24) is 10.2 Å². The molecule has 1 heterocycles. The zero-order valence-corrected chi connectivity index (χ0v) is 13.7. The second-order valence-corrected chi connectivity index (χ2v) is 6.38. The average molecular weight is 292 g/mol. The van der Waals surface area contributed by atoms with E-state index in [1.807, 2.05) is 13.0 Å². The van der Waals surface area contributed by atoms with Crippen molar-refractivity contribution >= 4 is 0 Å². The number of hydrogen-bond donors (Lipinski definition) is 1. The van der Waals surface area contributed by atoms with Gasteiger partial charge >= 0.3 is 0 Å². The molecule has 21 heavy (non-hydrogen) atoms. The zero-order valence-electron chi connectivity index (χ0n) is 13.7. The van der Waals surface area contributed by atoms with Gasteiger partial charge in [0.05, 0.1) is 0 Å². The van der Waals surface area contributed by atoms with E-state index in [1.165, 1.54) is 31.4 Å². The lowest BCUT2D eigenvalue weighted by Crippen LogP contribution is -2.48. The van der Waals surface area contributed by atoms with E-state index in [0.29, 0.717) is 12.1 Å². The number of nitrogens with zero attached hydrogens (tertiary/aromatic N) is 1. The Balaban J connectivity index is 1.81. The van der Waals surface area contributed by atoms with Gasteiger partial charge in [0.15, 0.2) is 0 Å². The highest BCUT2D eigenvalue weighted by Gasteiger charge is 2.24. The van der Waals surface area contributed by atoms with E-state index in [1.54, 1.807) is 12.1 Å². The third-order valence-corrected chi connectivity index (χ3v) is 4.67. The standard InChI is InChI=1S/C18H29FN2/c1-4-9-20-18-8-11-21(15(3)13-18)10-7-16-5-6-17(19)12-14(16)2/h5-6,12,15,18,20H,4,7-11,13H2,1-3H3. The molecule has 1 N–H and O–H groups in total. The van der Waals surface area contributed by atoms with Crippen molar-refractivity contribution in [3.8, 4) is 0 Å². The minimum atomic E-state index is -0.132. The number of likely N-dealkylation sites (tertiary alicyclic amines) is 1. The Hall–Kier alpha value is -0.930. The molecule has 1 aliphatic heterocycles. The lowest BCUT2D eigenvalue weighted by molar-refractivity contribution is 0.138. The molecule has 2 atom stereocenters. The normalized spacial score (nSPS) is 23.4. The van der Waals surface area contributed by atoms with E-state index >= 15 is 0 Å². The smallest absolute Gasteiger partial charge is 0.123 e. The predicted octanol–water partition coefficient (Wildman–Crippen LogP) is 3.53. The first kappa shape index (κ1) is 16.4. The molecule has 118 valence electrons. The Morgan fingerprint density at radius 1 is 1.38 bits per heavy atom. The molecular weight excluding hydrogens is 263 g/mol. The molecule has 0 aliphatic carbocycles. The number of hydrogen-bond acceptors (Lipinski definition) is 2. The fourth-order valence-corrected chi connectivity index (χ4v) is 3.29. The summed E-state index contributed by atoms with van der Waals surface area (Å²) in [6.45, 7) is 9.93. The van der Waals surface area contributed by atoms with Crippen molar-refractivity contribution < 1.29 is 4.39 Å². The summed E-state index contributed by atoms with van der Waals surface area (Å²) in [5, 5.41) is 3.64. The number of benzene rings is 1. The molecule has 0 saturated carbocycles. The van der Waals surface area contributed by atoms with Gasteiger partial charge in [-0.2, -0.15) is 0 Å². The van der Waals surface area contributed by atoms with E-state index < -0.39 is 0 Å². The van der Waals surface area contributed by atoms with Crippen LogP contribution in [0, 0.1) is 12.7 Å². The molecule has 1 saturated heterocycles. The first-order chi connectivity index (χ1) is 10.1. The second-order valence-electron chi connectivity index (χ2n) is 6.38. The summed E-state index contributed by atoms with van der Waals surface area (Å²) in [5.41, 5.74) is 2.34. The van der Waals surface area contributed by atoms with Crippen molar-refractivity contribution in [2.75, 3.05) is 19.6 Å². The molecule has 0 radical (unpaired) electrons. The summed E-state index contributed by atoms with van der Waals surface area (Å²) >= 11 is 0. The molecule has 2 rings (SSSR count). The number of nitrogens with one attached hydrogen (secondary N) is 1. The zero-order chi connectivity index (χ0) is 15.2. The quantitative estimate of drug-likeness (QED) is 0.863. The van der Waals surface area contributed by atoms with Gasteiger partial charge < -0.3 is 10.2 Å². The van der Waals surface area contributed by atoms with E-state index in [-0.39, 0.29) is 5.82 Å². The van der Waals surface area contributed by atoms with Gasteiger partial charge in [0.1, 0.15) is 5.82 Å². The minimum absolute atomic E-state index is 0.132. The van der Waals surface area contributed by atoms with Crippen LogP contribution in [0.5, 0.6) is 0 Å². The molecule has 3 heteroatoms. The van der Waals surface area contributed by atoms with Crippen LogP contribution in [0.25, 0.3) is 0 Å². The van der Waals surface area contributed by atoms with Crippen molar-refractivity contribution in [3.05, 3.63) is 35.1 Å². The van der Waals surface area contributed by atoms with Gasteiger partial charge in [0.25, 0.3) is 0 Å². The Morgan fingerprint density at radius 3 is 2.86 bits per heavy atom. The molecule has 2 nitrogen and oxygen atoms in total. The van der Waals surface area contributed by atoms with E-state index in [0.717, 1.165) is 25.1 Å². The summed E-state index contributed by atoms with van der Waals surface area (Å²) in [6.07, 6.45) is 4.71. The summed E-state index contributed by atoms with van der Waals surface area (Å²) in [7, 11) is 0. The summed E-state index contributed by atoms with van der Waals surface area (Å²) in [4.78, 5) is 2.58. The molecule has 1 aromatic carbocycles. The molecule has 0 spiro atoms.